The molecule has 0 radical (unpaired) electrons. The first kappa shape index (κ1) is 11.8. The number of carboxylic acid groups (broad SMARTS) is 1. The number of benzene rings is 1. The van der Waals surface area contributed by atoms with Crippen molar-refractivity contribution in [3.8, 4) is 17.0 Å². The highest BCUT2D eigenvalue weighted by molar-refractivity contribution is 5.95. The molecule has 1 aromatic carbocycles. The molecule has 0 aliphatic carbocycles. The maximum absolute atomic E-state index is 11.3. The van der Waals surface area contributed by atoms with Crippen LogP contribution in [-0.2, 0) is 12.8 Å². The van der Waals surface area contributed by atoms with E-state index in [4.69, 9.17) is 9.26 Å². The Kier molecular flexibility index (Phi) is 2.74. The molecule has 0 spiro atoms. The number of hydrogen-bond donors (Lipinski definition) is 1. The van der Waals surface area contributed by atoms with Gasteiger partial charge in [0.05, 0.1) is 6.61 Å². The van der Waals surface area contributed by atoms with Gasteiger partial charge < -0.3 is 14.4 Å². The Morgan fingerprint density at radius 2 is 2.32 bits per heavy atom. The summed E-state index contributed by atoms with van der Waals surface area (Å²) in [6, 6.07) is 5.59. The summed E-state index contributed by atoms with van der Waals surface area (Å²) in [6.45, 7) is 2.51. The summed E-state index contributed by atoms with van der Waals surface area (Å²) in [7, 11) is 0. The molecule has 0 saturated heterocycles. The Morgan fingerprint density at radius 3 is 3.05 bits per heavy atom. The van der Waals surface area contributed by atoms with Crippen LogP contribution in [0.5, 0.6) is 5.75 Å². The molecule has 98 valence electrons. The van der Waals surface area contributed by atoms with Gasteiger partial charge in [0.2, 0.25) is 0 Å². The van der Waals surface area contributed by atoms with E-state index < -0.39 is 5.97 Å². The van der Waals surface area contributed by atoms with Crippen LogP contribution in [0.3, 0.4) is 0 Å². The summed E-state index contributed by atoms with van der Waals surface area (Å²) in [5.41, 5.74) is 2.38. The van der Waals surface area contributed by atoms with Gasteiger partial charge in [0.25, 0.3) is 0 Å². The summed E-state index contributed by atoms with van der Waals surface area (Å²) >= 11 is 0. The molecule has 5 heteroatoms. The number of aromatic carboxylic acids is 1. The molecule has 0 saturated carbocycles. The number of fused-ring (bicyclic) bond motifs is 1. The van der Waals surface area contributed by atoms with E-state index in [9.17, 15) is 9.90 Å². The second-order valence-electron chi connectivity index (χ2n) is 4.41. The fourth-order valence-corrected chi connectivity index (χ4v) is 2.32. The summed E-state index contributed by atoms with van der Waals surface area (Å²) < 4.78 is 10.6. The van der Waals surface area contributed by atoms with Gasteiger partial charge in [-0.05, 0) is 23.8 Å². The number of nitrogens with zero attached hydrogens (tertiary/aromatic N) is 1. The molecule has 2 heterocycles. The van der Waals surface area contributed by atoms with Crippen molar-refractivity contribution in [1.82, 2.24) is 5.16 Å². The van der Waals surface area contributed by atoms with E-state index in [-0.39, 0.29) is 5.56 Å². The second-order valence-corrected chi connectivity index (χ2v) is 4.41. The summed E-state index contributed by atoms with van der Waals surface area (Å²) in [6.07, 6.45) is 1.34. The fourth-order valence-electron chi connectivity index (χ4n) is 2.32. The minimum Gasteiger partial charge on any atom is -0.493 e. The van der Waals surface area contributed by atoms with Crippen molar-refractivity contribution in [1.29, 1.82) is 0 Å². The molecular weight excluding hydrogens is 246 g/mol. The Morgan fingerprint density at radius 1 is 1.47 bits per heavy atom. The third-order valence-corrected chi connectivity index (χ3v) is 3.26. The highest BCUT2D eigenvalue weighted by Crippen LogP contribution is 2.32. The van der Waals surface area contributed by atoms with Gasteiger partial charge in [-0.1, -0.05) is 12.1 Å². The number of carbonyl (C=O) groups is 1. The highest BCUT2D eigenvalue weighted by Gasteiger charge is 2.23. The van der Waals surface area contributed by atoms with Crippen molar-refractivity contribution in [3.63, 3.8) is 0 Å². The lowest BCUT2D eigenvalue weighted by atomic mass is 10.0. The van der Waals surface area contributed by atoms with Crippen LogP contribution in [0.15, 0.2) is 22.7 Å². The van der Waals surface area contributed by atoms with Gasteiger partial charge in [0.15, 0.2) is 5.76 Å². The van der Waals surface area contributed by atoms with Gasteiger partial charge in [-0.2, -0.15) is 0 Å². The summed E-state index contributed by atoms with van der Waals surface area (Å²) in [4.78, 5) is 11.3. The Balaban J connectivity index is 2.12. The molecule has 1 N–H and O–H groups in total. The van der Waals surface area contributed by atoms with Gasteiger partial charge in [0, 0.05) is 18.4 Å². The van der Waals surface area contributed by atoms with E-state index in [2.05, 4.69) is 5.16 Å². The van der Waals surface area contributed by atoms with Crippen LogP contribution in [0.25, 0.3) is 11.3 Å². The third kappa shape index (κ3) is 1.87. The van der Waals surface area contributed by atoms with E-state index in [0.717, 1.165) is 23.3 Å². The quantitative estimate of drug-likeness (QED) is 0.916. The minimum atomic E-state index is -1.01. The normalized spacial score (nSPS) is 13.1. The highest BCUT2D eigenvalue weighted by atomic mass is 16.5. The topological polar surface area (TPSA) is 72.6 Å². The predicted molar refractivity (Wildman–Crippen MR) is 67.5 cm³/mol. The van der Waals surface area contributed by atoms with Gasteiger partial charge in [-0.15, -0.1) is 0 Å². The van der Waals surface area contributed by atoms with Gasteiger partial charge in [-0.25, -0.2) is 4.79 Å². The average Bonchev–Trinajstić information content (AvgIpc) is 3.03. The molecule has 0 fully saturated rings. The lowest BCUT2D eigenvalue weighted by Crippen LogP contribution is -2.01. The Labute approximate surface area is 109 Å². The van der Waals surface area contributed by atoms with Crippen LogP contribution in [0, 0.1) is 0 Å². The standard InChI is InChI=1S/C14H13NO4/c1-2-10-12(14(16)17)13(15-19-10)9-3-4-11-8(7-9)5-6-18-11/h3-4,7H,2,5-6H2,1H3,(H,16,17). The minimum absolute atomic E-state index is 0.154. The first-order valence-electron chi connectivity index (χ1n) is 6.18. The number of carboxylic acids is 1. The average molecular weight is 259 g/mol. The van der Waals surface area contributed by atoms with Crippen molar-refractivity contribution in [2.24, 2.45) is 0 Å². The second kappa shape index (κ2) is 4.42. The Bertz CT molecular complexity index is 645. The van der Waals surface area contributed by atoms with E-state index in [0.29, 0.717) is 24.5 Å². The van der Waals surface area contributed by atoms with Crippen molar-refractivity contribution >= 4 is 5.97 Å². The Hall–Kier alpha value is -2.30. The summed E-state index contributed by atoms with van der Waals surface area (Å²) in [5.74, 6) is 0.254. The largest absolute Gasteiger partial charge is 0.493 e. The van der Waals surface area contributed by atoms with Gasteiger partial charge >= 0.3 is 5.97 Å². The maximum Gasteiger partial charge on any atom is 0.341 e. The predicted octanol–water partition coefficient (Wildman–Crippen LogP) is 2.54. The molecule has 2 aromatic rings. The zero-order valence-electron chi connectivity index (χ0n) is 10.5. The monoisotopic (exact) mass is 259 g/mol. The molecule has 0 amide bonds. The molecule has 5 nitrogen and oxygen atoms in total. The van der Waals surface area contributed by atoms with E-state index >= 15 is 0 Å². The van der Waals surface area contributed by atoms with Crippen LogP contribution < -0.4 is 4.74 Å². The molecule has 1 aliphatic rings. The fraction of sp³-hybridized carbons (Fsp3) is 0.286. The van der Waals surface area contributed by atoms with Crippen molar-refractivity contribution < 1.29 is 19.2 Å². The molecule has 0 bridgehead atoms. The third-order valence-electron chi connectivity index (χ3n) is 3.26. The smallest absolute Gasteiger partial charge is 0.341 e. The van der Waals surface area contributed by atoms with Gasteiger partial charge in [0.1, 0.15) is 17.0 Å². The van der Waals surface area contributed by atoms with Crippen LogP contribution in [-0.4, -0.2) is 22.8 Å². The van der Waals surface area contributed by atoms with Crippen molar-refractivity contribution in [2.45, 2.75) is 19.8 Å². The zero-order valence-corrected chi connectivity index (χ0v) is 10.5. The lowest BCUT2D eigenvalue weighted by molar-refractivity contribution is 0.0695. The first-order chi connectivity index (χ1) is 9.20. The van der Waals surface area contributed by atoms with Crippen LogP contribution in [0.1, 0.15) is 28.6 Å². The number of ether oxygens (including phenoxy) is 1. The number of aryl methyl sites for hydroxylation is 1. The van der Waals surface area contributed by atoms with Crippen LogP contribution in [0.2, 0.25) is 0 Å². The van der Waals surface area contributed by atoms with Crippen molar-refractivity contribution in [3.05, 3.63) is 35.1 Å². The number of hydrogen-bond acceptors (Lipinski definition) is 4. The molecule has 1 aliphatic heterocycles. The lowest BCUT2D eigenvalue weighted by Gasteiger charge is -2.02. The molecule has 0 unspecified atom stereocenters. The van der Waals surface area contributed by atoms with Crippen LogP contribution >= 0.6 is 0 Å². The number of rotatable bonds is 3. The zero-order chi connectivity index (χ0) is 13.4. The first-order valence-corrected chi connectivity index (χ1v) is 6.18. The van der Waals surface area contributed by atoms with Crippen molar-refractivity contribution in [2.75, 3.05) is 6.61 Å². The van der Waals surface area contributed by atoms with E-state index in [1.54, 1.807) is 0 Å². The van der Waals surface area contributed by atoms with Crippen LogP contribution in [0.4, 0.5) is 0 Å². The van der Waals surface area contributed by atoms with E-state index in [1.807, 2.05) is 25.1 Å². The van der Waals surface area contributed by atoms with Gasteiger partial charge in [-0.3, -0.25) is 0 Å². The number of aromatic nitrogens is 1. The molecule has 1 aromatic heterocycles. The molecular formula is C14H13NO4. The molecule has 0 atom stereocenters. The van der Waals surface area contributed by atoms with E-state index in [1.165, 1.54) is 0 Å². The molecule has 19 heavy (non-hydrogen) atoms. The summed E-state index contributed by atoms with van der Waals surface area (Å²) in [5, 5.41) is 13.2. The maximum atomic E-state index is 11.3. The molecule has 3 rings (SSSR count). The SMILES string of the molecule is CCc1onc(-c2ccc3c(c2)CCO3)c1C(=O)O.